The molecule has 1 saturated carbocycles. The number of benzene rings is 1. The van der Waals surface area contributed by atoms with Crippen LogP contribution >= 0.6 is 24.0 Å². The van der Waals surface area contributed by atoms with Gasteiger partial charge in [-0.05, 0) is 58.1 Å². The molecule has 2 N–H and O–H groups in total. The maximum absolute atomic E-state index is 5.92. The molecule has 23 heavy (non-hydrogen) atoms. The van der Waals surface area contributed by atoms with Crippen LogP contribution in [0, 0.1) is 12.8 Å². The summed E-state index contributed by atoms with van der Waals surface area (Å²) in [6.07, 6.45) is 2.86. The number of nitrogens with one attached hydrogen (secondary N) is 2. The molecule has 0 radical (unpaired) electrons. The summed E-state index contributed by atoms with van der Waals surface area (Å²) in [5.41, 5.74) is 2.34. The lowest BCUT2D eigenvalue weighted by atomic mass is 10.1. The van der Waals surface area contributed by atoms with Crippen LogP contribution < -0.4 is 15.4 Å². The van der Waals surface area contributed by atoms with Gasteiger partial charge in [-0.25, -0.2) is 4.99 Å². The monoisotopic (exact) mass is 431 g/mol. The first-order valence-corrected chi connectivity index (χ1v) is 8.36. The fourth-order valence-electron chi connectivity index (χ4n) is 2.22. The molecule has 1 aliphatic carbocycles. The third-order valence-electron chi connectivity index (χ3n) is 3.59. The van der Waals surface area contributed by atoms with Crippen LogP contribution in [0.5, 0.6) is 5.75 Å². The van der Waals surface area contributed by atoms with E-state index in [2.05, 4.69) is 56.5 Å². The van der Waals surface area contributed by atoms with Crippen LogP contribution in [0.15, 0.2) is 23.2 Å². The van der Waals surface area contributed by atoms with Gasteiger partial charge in [0, 0.05) is 18.7 Å². The second-order valence-electron chi connectivity index (χ2n) is 6.30. The summed E-state index contributed by atoms with van der Waals surface area (Å²) < 4.78 is 5.92. The van der Waals surface area contributed by atoms with E-state index in [4.69, 9.17) is 9.73 Å². The number of aryl methyl sites for hydroxylation is 1. The van der Waals surface area contributed by atoms with Gasteiger partial charge in [0.1, 0.15) is 5.75 Å². The van der Waals surface area contributed by atoms with Gasteiger partial charge in [-0.15, -0.1) is 24.0 Å². The Kier molecular flexibility index (Phi) is 8.73. The van der Waals surface area contributed by atoms with Crippen LogP contribution in [0.3, 0.4) is 0 Å². The van der Waals surface area contributed by atoms with Crippen LogP contribution in [-0.2, 0) is 6.54 Å². The molecule has 2 rings (SSSR count). The highest BCUT2D eigenvalue weighted by atomic mass is 127. The Labute approximate surface area is 157 Å². The molecule has 0 heterocycles. The summed E-state index contributed by atoms with van der Waals surface area (Å²) in [5.74, 6) is 2.67. The molecule has 130 valence electrons. The van der Waals surface area contributed by atoms with E-state index in [0.717, 1.165) is 36.3 Å². The van der Waals surface area contributed by atoms with E-state index < -0.39 is 0 Å². The molecule has 1 aromatic carbocycles. The molecule has 0 aliphatic heterocycles. The van der Waals surface area contributed by atoms with E-state index in [1.54, 1.807) is 0 Å². The minimum atomic E-state index is 0. The van der Waals surface area contributed by atoms with Crippen molar-refractivity contribution < 1.29 is 4.74 Å². The van der Waals surface area contributed by atoms with Crippen molar-refractivity contribution in [1.29, 1.82) is 0 Å². The smallest absolute Gasteiger partial charge is 0.191 e. The van der Waals surface area contributed by atoms with Crippen molar-refractivity contribution in [3.8, 4) is 5.75 Å². The van der Waals surface area contributed by atoms with Gasteiger partial charge in [0.05, 0.1) is 12.6 Å². The maximum atomic E-state index is 5.92. The van der Waals surface area contributed by atoms with Crippen molar-refractivity contribution in [2.45, 2.75) is 53.2 Å². The zero-order valence-corrected chi connectivity index (χ0v) is 17.0. The van der Waals surface area contributed by atoms with Gasteiger partial charge < -0.3 is 15.4 Å². The number of ether oxygens (including phenoxy) is 1. The zero-order valence-electron chi connectivity index (χ0n) is 14.7. The van der Waals surface area contributed by atoms with Crippen LogP contribution in [0.4, 0.5) is 0 Å². The molecule has 0 atom stereocenters. The molecule has 4 nitrogen and oxygen atoms in total. The van der Waals surface area contributed by atoms with E-state index in [0.29, 0.717) is 6.54 Å². The zero-order chi connectivity index (χ0) is 15.9. The topological polar surface area (TPSA) is 45.7 Å². The SMILES string of the molecule is CCNC(=NCc1ccc(C)cc1OC(C)C)NCC1CC1.I. The third-order valence-corrected chi connectivity index (χ3v) is 3.59. The summed E-state index contributed by atoms with van der Waals surface area (Å²) in [6.45, 7) is 10.8. The Morgan fingerprint density at radius 2 is 2.04 bits per heavy atom. The quantitative estimate of drug-likeness (QED) is 0.392. The molecule has 0 saturated heterocycles. The standard InChI is InChI=1S/C18H29N3O.HI/c1-5-19-18(20-11-15-7-8-15)21-12-16-9-6-14(4)10-17(16)22-13(2)3;/h6,9-10,13,15H,5,7-8,11-12H2,1-4H3,(H2,19,20,21);1H. The molecule has 0 bridgehead atoms. The maximum Gasteiger partial charge on any atom is 0.191 e. The predicted octanol–water partition coefficient (Wildman–Crippen LogP) is 3.87. The highest BCUT2D eigenvalue weighted by Gasteiger charge is 2.21. The molecular formula is C18H30IN3O. The lowest BCUT2D eigenvalue weighted by Crippen LogP contribution is -2.38. The van der Waals surface area contributed by atoms with E-state index >= 15 is 0 Å². The van der Waals surface area contributed by atoms with E-state index in [9.17, 15) is 0 Å². The van der Waals surface area contributed by atoms with Crippen LogP contribution in [0.2, 0.25) is 0 Å². The van der Waals surface area contributed by atoms with E-state index in [1.807, 2.05) is 0 Å². The van der Waals surface area contributed by atoms with Gasteiger partial charge in [0.25, 0.3) is 0 Å². The Bertz CT molecular complexity index is 513. The second-order valence-corrected chi connectivity index (χ2v) is 6.30. The molecule has 0 aromatic heterocycles. The van der Waals surface area contributed by atoms with Gasteiger partial charge in [0.15, 0.2) is 5.96 Å². The first-order valence-electron chi connectivity index (χ1n) is 8.36. The molecule has 1 aromatic rings. The van der Waals surface area contributed by atoms with Crippen LogP contribution in [-0.4, -0.2) is 25.2 Å². The number of rotatable bonds is 7. The second kappa shape index (κ2) is 10.0. The fraction of sp³-hybridized carbons (Fsp3) is 0.611. The highest BCUT2D eigenvalue weighted by Crippen LogP contribution is 2.27. The van der Waals surface area contributed by atoms with Gasteiger partial charge >= 0.3 is 0 Å². The lowest BCUT2D eigenvalue weighted by molar-refractivity contribution is 0.240. The molecule has 1 fully saturated rings. The van der Waals surface area contributed by atoms with Crippen molar-refractivity contribution >= 4 is 29.9 Å². The number of hydrogen-bond acceptors (Lipinski definition) is 2. The van der Waals surface area contributed by atoms with Crippen molar-refractivity contribution in [2.75, 3.05) is 13.1 Å². The minimum absolute atomic E-state index is 0. The molecule has 0 spiro atoms. The number of guanidine groups is 1. The Morgan fingerprint density at radius 1 is 1.30 bits per heavy atom. The van der Waals surface area contributed by atoms with Gasteiger partial charge in [-0.3, -0.25) is 0 Å². The van der Waals surface area contributed by atoms with E-state index in [-0.39, 0.29) is 30.1 Å². The normalized spacial score (nSPS) is 14.4. The minimum Gasteiger partial charge on any atom is -0.491 e. The summed E-state index contributed by atoms with van der Waals surface area (Å²) in [4.78, 5) is 4.70. The average Bonchev–Trinajstić information content (AvgIpc) is 3.27. The van der Waals surface area contributed by atoms with Crippen LogP contribution in [0.25, 0.3) is 0 Å². The molecule has 5 heteroatoms. The number of halogens is 1. The largest absolute Gasteiger partial charge is 0.491 e. The van der Waals surface area contributed by atoms with Crippen molar-refractivity contribution in [2.24, 2.45) is 10.9 Å². The lowest BCUT2D eigenvalue weighted by Gasteiger charge is -2.15. The van der Waals surface area contributed by atoms with Gasteiger partial charge in [-0.1, -0.05) is 12.1 Å². The molecular weight excluding hydrogens is 401 g/mol. The van der Waals surface area contributed by atoms with Gasteiger partial charge in [0.2, 0.25) is 0 Å². The summed E-state index contributed by atoms with van der Waals surface area (Å²) in [6, 6.07) is 6.32. The van der Waals surface area contributed by atoms with Crippen molar-refractivity contribution in [3.05, 3.63) is 29.3 Å². The molecule has 0 unspecified atom stereocenters. The van der Waals surface area contributed by atoms with Gasteiger partial charge in [-0.2, -0.15) is 0 Å². The summed E-state index contributed by atoms with van der Waals surface area (Å²) >= 11 is 0. The predicted molar refractivity (Wildman–Crippen MR) is 108 cm³/mol. The Hall–Kier alpha value is -0.980. The number of hydrogen-bond donors (Lipinski definition) is 2. The summed E-state index contributed by atoms with van der Waals surface area (Å²) in [5, 5.41) is 6.73. The van der Waals surface area contributed by atoms with Crippen LogP contribution in [0.1, 0.15) is 44.7 Å². The first kappa shape index (κ1) is 20.1. The highest BCUT2D eigenvalue weighted by molar-refractivity contribution is 14.0. The fourth-order valence-corrected chi connectivity index (χ4v) is 2.22. The number of nitrogens with zero attached hydrogens (tertiary/aromatic N) is 1. The van der Waals surface area contributed by atoms with Crippen molar-refractivity contribution in [1.82, 2.24) is 10.6 Å². The third kappa shape index (κ3) is 7.42. The first-order chi connectivity index (χ1) is 10.6. The Morgan fingerprint density at radius 3 is 2.65 bits per heavy atom. The van der Waals surface area contributed by atoms with Crippen molar-refractivity contribution in [3.63, 3.8) is 0 Å². The van der Waals surface area contributed by atoms with E-state index in [1.165, 1.54) is 18.4 Å². The molecule has 1 aliphatic rings. The summed E-state index contributed by atoms with van der Waals surface area (Å²) in [7, 11) is 0. The average molecular weight is 431 g/mol. The Balaban J connectivity index is 0.00000264. The molecule has 0 amide bonds. The number of aliphatic imine (C=N–C) groups is 1.